The van der Waals surface area contributed by atoms with Crippen molar-refractivity contribution in [1.82, 2.24) is 9.80 Å². The summed E-state index contributed by atoms with van der Waals surface area (Å²) in [6, 6.07) is 11.8. The standard InChI is InChI=1S/C26H29F2N3O3/c27-20-3-1-19(2-4-20)24-15-18(17-34-24)16-29-12-9-22(10-13-29)30-14-11-25(32)31(26(30)33)23-7-5-21(28)6-8-23/h1-8,18,22,24H,9-17H2. The number of likely N-dealkylation sites (tertiary alicyclic amines) is 1. The van der Waals surface area contributed by atoms with Crippen molar-refractivity contribution < 1.29 is 23.1 Å². The van der Waals surface area contributed by atoms with Crippen molar-refractivity contribution in [2.75, 3.05) is 37.7 Å². The lowest BCUT2D eigenvalue weighted by Crippen LogP contribution is -2.58. The van der Waals surface area contributed by atoms with Crippen LogP contribution in [-0.4, -0.2) is 60.6 Å². The summed E-state index contributed by atoms with van der Waals surface area (Å²) in [6.07, 6.45) is 2.92. The van der Waals surface area contributed by atoms with E-state index in [0.717, 1.165) is 44.5 Å². The van der Waals surface area contributed by atoms with Crippen LogP contribution in [0.3, 0.4) is 0 Å². The highest BCUT2D eigenvalue weighted by Crippen LogP contribution is 2.34. The van der Waals surface area contributed by atoms with Gasteiger partial charge in [-0.3, -0.25) is 4.79 Å². The quantitative estimate of drug-likeness (QED) is 0.653. The molecule has 0 bridgehead atoms. The fourth-order valence-corrected chi connectivity index (χ4v) is 5.35. The number of piperidine rings is 1. The van der Waals surface area contributed by atoms with E-state index in [4.69, 9.17) is 4.74 Å². The molecule has 3 aliphatic rings. The van der Waals surface area contributed by atoms with E-state index in [1.807, 2.05) is 4.90 Å². The number of imide groups is 1. The summed E-state index contributed by atoms with van der Waals surface area (Å²) in [5, 5.41) is 0. The van der Waals surface area contributed by atoms with Crippen LogP contribution in [0.2, 0.25) is 0 Å². The van der Waals surface area contributed by atoms with E-state index >= 15 is 0 Å². The zero-order valence-corrected chi connectivity index (χ0v) is 19.0. The smallest absolute Gasteiger partial charge is 0.331 e. The Bertz CT molecular complexity index is 1020. The second kappa shape index (κ2) is 9.80. The third-order valence-corrected chi connectivity index (χ3v) is 7.17. The van der Waals surface area contributed by atoms with Gasteiger partial charge < -0.3 is 14.5 Å². The van der Waals surface area contributed by atoms with Gasteiger partial charge in [-0.25, -0.2) is 18.5 Å². The predicted molar refractivity (Wildman–Crippen MR) is 123 cm³/mol. The van der Waals surface area contributed by atoms with Crippen LogP contribution in [0.25, 0.3) is 0 Å². The van der Waals surface area contributed by atoms with Crippen molar-refractivity contribution in [2.45, 2.75) is 37.8 Å². The fraction of sp³-hybridized carbons (Fsp3) is 0.462. The predicted octanol–water partition coefficient (Wildman–Crippen LogP) is 4.37. The van der Waals surface area contributed by atoms with Gasteiger partial charge in [0.1, 0.15) is 11.6 Å². The van der Waals surface area contributed by atoms with Crippen LogP contribution in [0.1, 0.15) is 37.4 Å². The number of ether oxygens (including phenoxy) is 1. The first-order valence-corrected chi connectivity index (χ1v) is 12.0. The van der Waals surface area contributed by atoms with Gasteiger partial charge in [0.15, 0.2) is 0 Å². The summed E-state index contributed by atoms with van der Waals surface area (Å²) in [5.74, 6) is -0.461. The van der Waals surface area contributed by atoms with Crippen LogP contribution < -0.4 is 4.90 Å². The second-order valence-electron chi connectivity index (χ2n) is 9.44. The molecule has 3 aliphatic heterocycles. The summed E-state index contributed by atoms with van der Waals surface area (Å²) >= 11 is 0. The Kier molecular flexibility index (Phi) is 6.61. The second-order valence-corrected chi connectivity index (χ2v) is 9.44. The number of carbonyl (C=O) groups excluding carboxylic acids is 2. The number of carbonyl (C=O) groups is 2. The lowest BCUT2D eigenvalue weighted by Gasteiger charge is -2.42. The van der Waals surface area contributed by atoms with E-state index in [9.17, 15) is 18.4 Å². The minimum Gasteiger partial charge on any atom is -0.373 e. The molecule has 3 amide bonds. The van der Waals surface area contributed by atoms with Crippen molar-refractivity contribution >= 4 is 17.6 Å². The molecule has 3 fully saturated rings. The number of hydrogen-bond donors (Lipinski definition) is 0. The summed E-state index contributed by atoms with van der Waals surface area (Å²) in [4.78, 5) is 31.0. The molecule has 3 heterocycles. The van der Waals surface area contributed by atoms with Gasteiger partial charge in [-0.1, -0.05) is 12.1 Å². The van der Waals surface area contributed by atoms with Gasteiger partial charge in [-0.2, -0.15) is 0 Å². The Morgan fingerprint density at radius 1 is 0.882 bits per heavy atom. The maximum atomic E-state index is 13.3. The summed E-state index contributed by atoms with van der Waals surface area (Å²) < 4.78 is 32.5. The van der Waals surface area contributed by atoms with Crippen molar-refractivity contribution in [2.24, 2.45) is 5.92 Å². The zero-order valence-electron chi connectivity index (χ0n) is 19.0. The molecule has 6 nitrogen and oxygen atoms in total. The third-order valence-electron chi connectivity index (χ3n) is 7.17. The lowest BCUT2D eigenvalue weighted by molar-refractivity contribution is -0.119. The molecule has 2 unspecified atom stereocenters. The molecule has 0 aromatic heterocycles. The number of nitrogens with zero attached hydrogens (tertiary/aromatic N) is 3. The van der Waals surface area contributed by atoms with Crippen molar-refractivity contribution in [3.63, 3.8) is 0 Å². The van der Waals surface area contributed by atoms with Gasteiger partial charge >= 0.3 is 6.03 Å². The van der Waals surface area contributed by atoms with E-state index < -0.39 is 5.82 Å². The van der Waals surface area contributed by atoms with Crippen LogP contribution in [-0.2, 0) is 9.53 Å². The fourth-order valence-electron chi connectivity index (χ4n) is 5.35. The molecular weight excluding hydrogens is 440 g/mol. The summed E-state index contributed by atoms with van der Waals surface area (Å²) in [7, 11) is 0. The number of anilines is 1. The van der Waals surface area contributed by atoms with Crippen LogP contribution in [0.15, 0.2) is 48.5 Å². The van der Waals surface area contributed by atoms with E-state index in [-0.39, 0.29) is 36.3 Å². The topological polar surface area (TPSA) is 53.1 Å². The molecule has 34 heavy (non-hydrogen) atoms. The van der Waals surface area contributed by atoms with E-state index in [1.165, 1.54) is 41.3 Å². The molecule has 0 radical (unpaired) electrons. The number of rotatable bonds is 5. The molecule has 0 aliphatic carbocycles. The Labute approximate surface area is 198 Å². The van der Waals surface area contributed by atoms with Gasteiger partial charge in [0.25, 0.3) is 0 Å². The van der Waals surface area contributed by atoms with E-state index in [0.29, 0.717) is 24.8 Å². The molecular formula is C26H29F2N3O3. The van der Waals surface area contributed by atoms with E-state index in [2.05, 4.69) is 4.90 Å². The number of halogens is 2. The molecule has 0 spiro atoms. The van der Waals surface area contributed by atoms with Crippen molar-refractivity contribution in [3.8, 4) is 0 Å². The van der Waals surface area contributed by atoms with Gasteiger partial charge in [0.05, 0.1) is 18.4 Å². The Morgan fingerprint density at radius 2 is 1.53 bits per heavy atom. The number of urea groups is 1. The normalized spacial score (nSPS) is 24.8. The average molecular weight is 470 g/mol. The van der Waals surface area contributed by atoms with Gasteiger partial charge in [-0.05, 0) is 67.1 Å². The minimum atomic E-state index is -0.401. The maximum absolute atomic E-state index is 13.3. The molecule has 0 saturated carbocycles. The molecule has 2 aromatic rings. The van der Waals surface area contributed by atoms with Gasteiger partial charge in [0, 0.05) is 38.6 Å². The maximum Gasteiger partial charge on any atom is 0.331 e. The molecule has 3 saturated heterocycles. The number of hydrogen-bond acceptors (Lipinski definition) is 4. The molecule has 2 atom stereocenters. The van der Waals surface area contributed by atoms with Gasteiger partial charge in [0.2, 0.25) is 5.91 Å². The average Bonchev–Trinajstić information content (AvgIpc) is 3.30. The first-order valence-electron chi connectivity index (χ1n) is 12.0. The Balaban J connectivity index is 1.14. The highest BCUT2D eigenvalue weighted by Gasteiger charge is 2.38. The number of benzene rings is 2. The van der Waals surface area contributed by atoms with E-state index in [1.54, 1.807) is 12.1 Å². The SMILES string of the molecule is O=C1CCN(C2CCN(CC3COC(c4ccc(F)cc4)C3)CC2)C(=O)N1c1ccc(F)cc1. The summed E-state index contributed by atoms with van der Waals surface area (Å²) in [6.45, 7) is 3.84. The molecule has 180 valence electrons. The first-order chi connectivity index (χ1) is 16.5. The third kappa shape index (κ3) is 4.83. The zero-order chi connectivity index (χ0) is 23.7. The summed E-state index contributed by atoms with van der Waals surface area (Å²) in [5.41, 5.74) is 1.43. The Hall–Kier alpha value is -2.84. The van der Waals surface area contributed by atoms with Crippen LogP contribution in [0.5, 0.6) is 0 Å². The molecule has 2 aromatic carbocycles. The van der Waals surface area contributed by atoms with Crippen LogP contribution in [0.4, 0.5) is 19.3 Å². The first kappa shape index (κ1) is 22.9. The lowest BCUT2D eigenvalue weighted by atomic mass is 9.97. The molecule has 0 N–H and O–H groups in total. The number of amides is 3. The molecule has 8 heteroatoms. The largest absolute Gasteiger partial charge is 0.373 e. The van der Waals surface area contributed by atoms with Crippen molar-refractivity contribution in [1.29, 1.82) is 0 Å². The molecule has 5 rings (SSSR count). The van der Waals surface area contributed by atoms with Crippen LogP contribution >= 0.6 is 0 Å². The van der Waals surface area contributed by atoms with Gasteiger partial charge in [-0.15, -0.1) is 0 Å². The van der Waals surface area contributed by atoms with Crippen molar-refractivity contribution in [3.05, 3.63) is 65.7 Å². The van der Waals surface area contributed by atoms with Crippen LogP contribution in [0, 0.1) is 17.6 Å². The highest BCUT2D eigenvalue weighted by molar-refractivity contribution is 6.15. The Morgan fingerprint density at radius 3 is 2.21 bits per heavy atom. The minimum absolute atomic E-state index is 0.0177. The monoisotopic (exact) mass is 469 g/mol. The highest BCUT2D eigenvalue weighted by atomic mass is 19.1.